The van der Waals surface area contributed by atoms with E-state index in [2.05, 4.69) is 25.2 Å². The van der Waals surface area contributed by atoms with E-state index in [0.717, 1.165) is 51.4 Å². The van der Waals surface area contributed by atoms with Crippen molar-refractivity contribution in [2.45, 2.75) is 19.8 Å². The molecule has 2 N–H and O–H groups in total. The van der Waals surface area contributed by atoms with Crippen molar-refractivity contribution in [2.24, 2.45) is 0 Å². The van der Waals surface area contributed by atoms with Gasteiger partial charge >= 0.3 is 0 Å². The van der Waals surface area contributed by atoms with Gasteiger partial charge < -0.3 is 19.8 Å². The van der Waals surface area contributed by atoms with Gasteiger partial charge in [-0.1, -0.05) is 6.92 Å². The zero-order valence-electron chi connectivity index (χ0n) is 19.3. The summed E-state index contributed by atoms with van der Waals surface area (Å²) in [5, 5.41) is 2.69. The Hall–Kier alpha value is -3.56. The molecule has 3 aromatic rings. The molecule has 4 rings (SSSR count). The van der Waals surface area contributed by atoms with Gasteiger partial charge in [0.05, 0.1) is 37.4 Å². The van der Waals surface area contributed by atoms with Crippen LogP contribution in [0.25, 0.3) is 11.3 Å². The number of carbonyl (C=O) groups is 1. The van der Waals surface area contributed by atoms with Crippen molar-refractivity contribution < 1.29 is 14.3 Å². The van der Waals surface area contributed by atoms with Crippen LogP contribution >= 0.6 is 0 Å². The molecule has 0 atom stereocenters. The average molecular weight is 464 g/mol. The number of carbonyl (C=O) groups excluding carboxylic acids is 1. The molecule has 1 aliphatic heterocycles. The number of aromatic amines is 1. The standard InChI is InChI=1S/C25H29N5O4/c1-2-20-16-26-17-23(28-20)19-14-22(25(32)27-15-19)29-24(31)18-4-6-21(7-5-18)34-11-3-8-30-9-12-33-13-10-30/h4-7,14-17H,2-3,8-13H2,1H3,(H,27,32)(H,29,31). The lowest BCUT2D eigenvalue weighted by molar-refractivity contribution is 0.0358. The van der Waals surface area contributed by atoms with E-state index < -0.39 is 5.56 Å². The van der Waals surface area contributed by atoms with Crippen LogP contribution < -0.4 is 15.6 Å². The second kappa shape index (κ2) is 11.5. The zero-order chi connectivity index (χ0) is 23.8. The summed E-state index contributed by atoms with van der Waals surface area (Å²) in [7, 11) is 0. The summed E-state index contributed by atoms with van der Waals surface area (Å²) in [6, 6.07) is 8.49. The van der Waals surface area contributed by atoms with E-state index >= 15 is 0 Å². The largest absolute Gasteiger partial charge is 0.494 e. The first kappa shape index (κ1) is 23.6. The van der Waals surface area contributed by atoms with E-state index in [1.807, 2.05) is 6.92 Å². The second-order valence-corrected chi connectivity index (χ2v) is 8.01. The van der Waals surface area contributed by atoms with Crippen molar-refractivity contribution in [2.75, 3.05) is 44.8 Å². The van der Waals surface area contributed by atoms with Gasteiger partial charge in [-0.2, -0.15) is 0 Å². The van der Waals surface area contributed by atoms with Crippen molar-refractivity contribution in [1.82, 2.24) is 19.9 Å². The number of ether oxygens (including phenoxy) is 2. The highest BCUT2D eigenvalue weighted by Gasteiger charge is 2.12. The summed E-state index contributed by atoms with van der Waals surface area (Å²) < 4.78 is 11.1. The number of hydrogen-bond acceptors (Lipinski definition) is 7. The number of aromatic nitrogens is 3. The molecular weight excluding hydrogens is 434 g/mol. The number of anilines is 1. The van der Waals surface area contributed by atoms with Gasteiger partial charge in [-0.3, -0.25) is 19.5 Å². The van der Waals surface area contributed by atoms with E-state index in [1.165, 1.54) is 0 Å². The minimum absolute atomic E-state index is 0.148. The molecular formula is C25H29N5O4. The molecule has 1 aliphatic rings. The van der Waals surface area contributed by atoms with Gasteiger partial charge in [-0.05, 0) is 43.2 Å². The first-order chi connectivity index (χ1) is 16.6. The molecule has 0 unspecified atom stereocenters. The number of rotatable bonds is 9. The van der Waals surface area contributed by atoms with Crippen LogP contribution in [0.3, 0.4) is 0 Å². The van der Waals surface area contributed by atoms with Crippen LogP contribution in [0.2, 0.25) is 0 Å². The average Bonchev–Trinajstić information content (AvgIpc) is 2.89. The fraction of sp³-hybridized carbons (Fsp3) is 0.360. The third-order valence-electron chi connectivity index (χ3n) is 5.60. The Bertz CT molecular complexity index is 1160. The lowest BCUT2D eigenvalue weighted by atomic mass is 10.1. The molecule has 1 amide bonds. The third kappa shape index (κ3) is 6.27. The van der Waals surface area contributed by atoms with Crippen LogP contribution in [0.1, 0.15) is 29.4 Å². The van der Waals surface area contributed by atoms with E-state index in [-0.39, 0.29) is 11.6 Å². The Morgan fingerprint density at radius 1 is 1.21 bits per heavy atom. The van der Waals surface area contributed by atoms with Gasteiger partial charge in [0.25, 0.3) is 11.5 Å². The summed E-state index contributed by atoms with van der Waals surface area (Å²) >= 11 is 0. The van der Waals surface area contributed by atoms with Gasteiger partial charge in [0.15, 0.2) is 0 Å². The molecule has 34 heavy (non-hydrogen) atoms. The van der Waals surface area contributed by atoms with Crippen LogP contribution in [-0.2, 0) is 11.2 Å². The Labute approximate surface area is 198 Å². The summed E-state index contributed by atoms with van der Waals surface area (Å²) in [6.07, 6.45) is 6.56. The normalized spacial score (nSPS) is 14.0. The molecule has 9 nitrogen and oxygen atoms in total. The van der Waals surface area contributed by atoms with Gasteiger partial charge in [-0.15, -0.1) is 0 Å². The van der Waals surface area contributed by atoms with Crippen molar-refractivity contribution in [3.8, 4) is 17.0 Å². The van der Waals surface area contributed by atoms with E-state index in [4.69, 9.17) is 9.47 Å². The number of benzene rings is 1. The van der Waals surface area contributed by atoms with E-state index in [1.54, 1.807) is 48.9 Å². The van der Waals surface area contributed by atoms with Gasteiger partial charge in [0.1, 0.15) is 11.4 Å². The highest BCUT2D eigenvalue weighted by Crippen LogP contribution is 2.18. The van der Waals surface area contributed by atoms with E-state index in [9.17, 15) is 9.59 Å². The number of hydrogen-bond donors (Lipinski definition) is 2. The fourth-order valence-electron chi connectivity index (χ4n) is 3.64. The molecule has 1 aromatic carbocycles. The smallest absolute Gasteiger partial charge is 0.271 e. The maximum absolute atomic E-state index is 12.7. The van der Waals surface area contributed by atoms with Crippen molar-refractivity contribution in [1.29, 1.82) is 0 Å². The molecule has 1 fully saturated rings. The molecule has 0 bridgehead atoms. The second-order valence-electron chi connectivity index (χ2n) is 8.01. The number of morpholine rings is 1. The monoisotopic (exact) mass is 463 g/mol. The first-order valence-electron chi connectivity index (χ1n) is 11.5. The summed E-state index contributed by atoms with van der Waals surface area (Å²) in [4.78, 5) is 38.7. The molecule has 0 aliphatic carbocycles. The van der Waals surface area contributed by atoms with Crippen LogP contribution in [0.4, 0.5) is 5.69 Å². The number of nitrogens with one attached hydrogen (secondary N) is 2. The van der Waals surface area contributed by atoms with Crippen molar-refractivity contribution >= 4 is 11.6 Å². The Morgan fingerprint density at radius 3 is 2.76 bits per heavy atom. The highest BCUT2D eigenvalue weighted by molar-refractivity contribution is 6.04. The first-order valence-corrected chi connectivity index (χ1v) is 11.5. The van der Waals surface area contributed by atoms with Gasteiger partial charge in [-0.25, -0.2) is 4.98 Å². The summed E-state index contributed by atoms with van der Waals surface area (Å²) in [5.74, 6) is 0.322. The lowest BCUT2D eigenvalue weighted by Crippen LogP contribution is -2.37. The lowest BCUT2D eigenvalue weighted by Gasteiger charge is -2.26. The van der Waals surface area contributed by atoms with Crippen LogP contribution in [0.15, 0.2) is 53.7 Å². The summed E-state index contributed by atoms with van der Waals surface area (Å²) in [5.41, 5.74) is 2.32. The maximum atomic E-state index is 12.7. The third-order valence-corrected chi connectivity index (χ3v) is 5.60. The molecule has 0 radical (unpaired) electrons. The molecule has 3 heterocycles. The predicted molar refractivity (Wildman–Crippen MR) is 129 cm³/mol. The van der Waals surface area contributed by atoms with Crippen molar-refractivity contribution in [3.63, 3.8) is 0 Å². The number of nitrogens with zero attached hydrogens (tertiary/aromatic N) is 3. The van der Waals surface area contributed by atoms with Crippen molar-refractivity contribution in [3.05, 3.63) is 70.5 Å². The molecule has 178 valence electrons. The van der Waals surface area contributed by atoms with Crippen LogP contribution in [-0.4, -0.2) is 65.2 Å². The number of H-pyrrole nitrogens is 1. The van der Waals surface area contributed by atoms with Gasteiger partial charge in [0, 0.05) is 43.2 Å². The minimum Gasteiger partial charge on any atom is -0.494 e. The fourth-order valence-corrected chi connectivity index (χ4v) is 3.64. The molecule has 0 spiro atoms. The summed E-state index contributed by atoms with van der Waals surface area (Å²) in [6.45, 7) is 7.09. The van der Waals surface area contributed by atoms with Crippen LogP contribution in [0, 0.1) is 0 Å². The highest BCUT2D eigenvalue weighted by atomic mass is 16.5. The molecule has 1 saturated heterocycles. The molecule has 0 saturated carbocycles. The predicted octanol–water partition coefficient (Wildman–Crippen LogP) is 2.75. The maximum Gasteiger partial charge on any atom is 0.271 e. The quantitative estimate of drug-likeness (QED) is 0.470. The molecule has 2 aromatic heterocycles. The number of aryl methyl sites for hydroxylation is 1. The molecule has 9 heteroatoms. The van der Waals surface area contributed by atoms with Gasteiger partial charge in [0.2, 0.25) is 0 Å². The van der Waals surface area contributed by atoms with E-state index in [0.29, 0.717) is 29.2 Å². The number of pyridine rings is 1. The Kier molecular flexibility index (Phi) is 8.00. The zero-order valence-corrected chi connectivity index (χ0v) is 19.3. The van der Waals surface area contributed by atoms with Crippen LogP contribution in [0.5, 0.6) is 5.75 Å². The number of amides is 1. The SMILES string of the molecule is CCc1cncc(-c2c[nH]c(=O)c(NC(=O)c3ccc(OCCCN4CCOCC4)cc3)c2)n1. The minimum atomic E-state index is -0.392. The Morgan fingerprint density at radius 2 is 2.00 bits per heavy atom. The Balaban J connectivity index is 1.33. The topological polar surface area (TPSA) is 109 Å².